The molecule has 0 saturated heterocycles. The molecule has 0 amide bonds. The summed E-state index contributed by atoms with van der Waals surface area (Å²) in [5.74, 6) is 0.689. The van der Waals surface area contributed by atoms with Crippen LogP contribution in [0.3, 0.4) is 0 Å². The van der Waals surface area contributed by atoms with Crippen molar-refractivity contribution in [2.75, 3.05) is 13.7 Å². The summed E-state index contributed by atoms with van der Waals surface area (Å²) in [5.41, 5.74) is 1.10. The molecule has 2 aromatic carbocycles. The van der Waals surface area contributed by atoms with Gasteiger partial charge in [-0.05, 0) is 45.6 Å². The van der Waals surface area contributed by atoms with E-state index in [0.717, 1.165) is 5.56 Å². The minimum Gasteiger partial charge on any atom is -0.496 e. The zero-order valence-electron chi connectivity index (χ0n) is 12.4. The zero-order chi connectivity index (χ0) is 16.2. The minimum atomic E-state index is -3.55. The molecule has 1 N–H and O–H groups in total. The predicted molar refractivity (Wildman–Crippen MR) is 90.7 cm³/mol. The molecule has 0 aliphatic rings. The fraction of sp³-hybridized carbons (Fsp3) is 0.250. The lowest BCUT2D eigenvalue weighted by Gasteiger charge is -2.14. The standard InChI is InChI=1S/C16H18BrNO3S/c1-12(13-6-4-3-5-7-13)11-18-22(19,20)14-8-9-16(21-2)15(17)10-14/h3-10,12,18H,11H2,1-2H3/t12-/m0/s1. The summed E-state index contributed by atoms with van der Waals surface area (Å²) in [4.78, 5) is 0.209. The predicted octanol–water partition coefficient (Wildman–Crippen LogP) is 3.54. The van der Waals surface area contributed by atoms with Gasteiger partial charge in [0.25, 0.3) is 0 Å². The maximum atomic E-state index is 12.3. The van der Waals surface area contributed by atoms with E-state index in [9.17, 15) is 8.42 Å². The topological polar surface area (TPSA) is 55.4 Å². The van der Waals surface area contributed by atoms with Crippen LogP contribution < -0.4 is 9.46 Å². The Labute approximate surface area is 139 Å². The van der Waals surface area contributed by atoms with Crippen LogP contribution in [0.1, 0.15) is 18.4 Å². The van der Waals surface area contributed by atoms with Gasteiger partial charge in [-0.15, -0.1) is 0 Å². The number of nitrogens with one attached hydrogen (secondary N) is 1. The molecular formula is C16H18BrNO3S. The number of benzene rings is 2. The zero-order valence-corrected chi connectivity index (χ0v) is 14.8. The van der Waals surface area contributed by atoms with Crippen LogP contribution in [0.2, 0.25) is 0 Å². The molecule has 0 bridgehead atoms. The average molecular weight is 384 g/mol. The first kappa shape index (κ1) is 17.0. The van der Waals surface area contributed by atoms with E-state index in [2.05, 4.69) is 20.7 Å². The maximum absolute atomic E-state index is 12.3. The third kappa shape index (κ3) is 4.09. The van der Waals surface area contributed by atoms with Gasteiger partial charge in [-0.1, -0.05) is 37.3 Å². The van der Waals surface area contributed by atoms with Gasteiger partial charge in [0.05, 0.1) is 16.5 Å². The summed E-state index contributed by atoms with van der Waals surface area (Å²) in [6, 6.07) is 14.5. The number of hydrogen-bond acceptors (Lipinski definition) is 3. The van der Waals surface area contributed by atoms with Gasteiger partial charge in [0.15, 0.2) is 0 Å². The summed E-state index contributed by atoms with van der Waals surface area (Å²) < 4.78 is 33.1. The third-order valence-electron chi connectivity index (χ3n) is 3.38. The molecule has 0 radical (unpaired) electrons. The summed E-state index contributed by atoms with van der Waals surface area (Å²) in [5, 5.41) is 0. The monoisotopic (exact) mass is 383 g/mol. The van der Waals surface area contributed by atoms with Gasteiger partial charge in [0.2, 0.25) is 10.0 Å². The Morgan fingerprint density at radius 1 is 1.18 bits per heavy atom. The van der Waals surface area contributed by atoms with Crippen molar-refractivity contribution in [3.8, 4) is 5.75 Å². The lowest BCUT2D eigenvalue weighted by atomic mass is 10.0. The van der Waals surface area contributed by atoms with Gasteiger partial charge >= 0.3 is 0 Å². The van der Waals surface area contributed by atoms with Crippen molar-refractivity contribution < 1.29 is 13.2 Å². The molecule has 0 heterocycles. The highest BCUT2D eigenvalue weighted by Crippen LogP contribution is 2.27. The van der Waals surface area contributed by atoms with Gasteiger partial charge in [0, 0.05) is 6.54 Å². The number of halogens is 1. The van der Waals surface area contributed by atoms with Crippen molar-refractivity contribution in [1.82, 2.24) is 4.72 Å². The van der Waals surface area contributed by atoms with Gasteiger partial charge in [0.1, 0.15) is 5.75 Å². The quantitative estimate of drug-likeness (QED) is 0.829. The first-order chi connectivity index (χ1) is 10.4. The largest absolute Gasteiger partial charge is 0.496 e. The molecule has 118 valence electrons. The van der Waals surface area contributed by atoms with E-state index >= 15 is 0 Å². The second kappa shape index (κ2) is 7.26. The Hall–Kier alpha value is -1.37. The van der Waals surface area contributed by atoms with Crippen LogP contribution in [-0.4, -0.2) is 22.1 Å². The molecular weight excluding hydrogens is 366 g/mol. The maximum Gasteiger partial charge on any atom is 0.240 e. The highest BCUT2D eigenvalue weighted by atomic mass is 79.9. The Balaban J connectivity index is 2.10. The second-order valence-corrected chi connectivity index (χ2v) is 7.58. The number of methoxy groups -OCH3 is 1. The van der Waals surface area contributed by atoms with Crippen molar-refractivity contribution in [3.05, 3.63) is 58.6 Å². The SMILES string of the molecule is COc1ccc(S(=O)(=O)NC[C@H](C)c2ccccc2)cc1Br. The molecule has 1 atom stereocenters. The smallest absolute Gasteiger partial charge is 0.240 e. The molecule has 0 aliphatic heterocycles. The van der Waals surface area contributed by atoms with Crippen molar-refractivity contribution >= 4 is 26.0 Å². The summed E-state index contributed by atoms with van der Waals surface area (Å²) in [6.07, 6.45) is 0. The molecule has 22 heavy (non-hydrogen) atoms. The van der Waals surface area contributed by atoms with Crippen LogP contribution in [-0.2, 0) is 10.0 Å². The van der Waals surface area contributed by atoms with E-state index in [1.807, 2.05) is 37.3 Å². The molecule has 2 aromatic rings. The number of sulfonamides is 1. The molecule has 0 unspecified atom stereocenters. The second-order valence-electron chi connectivity index (χ2n) is 4.96. The minimum absolute atomic E-state index is 0.0951. The van der Waals surface area contributed by atoms with Crippen LogP contribution in [0.5, 0.6) is 5.75 Å². The number of ether oxygens (including phenoxy) is 1. The fourth-order valence-electron chi connectivity index (χ4n) is 2.03. The lowest BCUT2D eigenvalue weighted by Crippen LogP contribution is -2.27. The molecule has 0 aliphatic carbocycles. The number of rotatable bonds is 6. The summed E-state index contributed by atoms with van der Waals surface area (Å²) in [6.45, 7) is 2.33. The Kier molecular flexibility index (Phi) is 5.61. The normalized spacial score (nSPS) is 12.9. The van der Waals surface area contributed by atoms with E-state index < -0.39 is 10.0 Å². The molecule has 0 spiro atoms. The molecule has 0 saturated carbocycles. The van der Waals surface area contributed by atoms with Crippen LogP contribution in [0.25, 0.3) is 0 Å². The van der Waals surface area contributed by atoms with Gasteiger partial charge in [-0.3, -0.25) is 0 Å². The Morgan fingerprint density at radius 3 is 2.45 bits per heavy atom. The van der Waals surface area contributed by atoms with Gasteiger partial charge in [-0.25, -0.2) is 13.1 Å². The molecule has 4 nitrogen and oxygen atoms in total. The van der Waals surface area contributed by atoms with Crippen molar-refractivity contribution in [2.24, 2.45) is 0 Å². The average Bonchev–Trinajstić information content (AvgIpc) is 2.53. The highest BCUT2D eigenvalue weighted by Gasteiger charge is 2.17. The lowest BCUT2D eigenvalue weighted by molar-refractivity contribution is 0.411. The third-order valence-corrected chi connectivity index (χ3v) is 5.42. The highest BCUT2D eigenvalue weighted by molar-refractivity contribution is 9.10. The Bertz CT molecular complexity index is 732. The van der Waals surface area contributed by atoms with Gasteiger partial charge in [-0.2, -0.15) is 0 Å². The van der Waals surface area contributed by atoms with E-state index in [1.165, 1.54) is 19.2 Å². The van der Waals surface area contributed by atoms with E-state index in [0.29, 0.717) is 16.8 Å². The number of hydrogen-bond donors (Lipinski definition) is 1. The summed E-state index contributed by atoms with van der Waals surface area (Å²) in [7, 11) is -2.01. The van der Waals surface area contributed by atoms with Crippen molar-refractivity contribution in [3.63, 3.8) is 0 Å². The van der Waals surface area contributed by atoms with Crippen molar-refractivity contribution in [1.29, 1.82) is 0 Å². The molecule has 0 fully saturated rings. The van der Waals surface area contributed by atoms with Crippen molar-refractivity contribution in [2.45, 2.75) is 17.7 Å². The molecule has 0 aromatic heterocycles. The van der Waals surface area contributed by atoms with E-state index in [1.54, 1.807) is 6.07 Å². The van der Waals surface area contributed by atoms with Gasteiger partial charge < -0.3 is 4.74 Å². The summed E-state index contributed by atoms with van der Waals surface area (Å²) >= 11 is 3.30. The van der Waals surface area contributed by atoms with E-state index in [-0.39, 0.29) is 10.8 Å². The van der Waals surface area contributed by atoms with Crippen LogP contribution in [0.4, 0.5) is 0 Å². The van der Waals surface area contributed by atoms with Crippen LogP contribution in [0, 0.1) is 0 Å². The molecule has 6 heteroatoms. The molecule has 2 rings (SSSR count). The van der Waals surface area contributed by atoms with E-state index in [4.69, 9.17) is 4.74 Å². The Morgan fingerprint density at radius 2 is 1.86 bits per heavy atom. The first-order valence-corrected chi connectivity index (χ1v) is 9.10. The van der Waals surface area contributed by atoms with Crippen LogP contribution >= 0.6 is 15.9 Å². The van der Waals surface area contributed by atoms with Crippen LogP contribution in [0.15, 0.2) is 57.9 Å². The fourth-order valence-corrected chi connectivity index (χ4v) is 3.88. The first-order valence-electron chi connectivity index (χ1n) is 6.82.